The van der Waals surface area contributed by atoms with E-state index >= 15 is 0 Å². The molecule has 0 aromatic rings. The summed E-state index contributed by atoms with van der Waals surface area (Å²) in [6.07, 6.45) is 6.05. The second-order valence-corrected chi connectivity index (χ2v) is 6.18. The summed E-state index contributed by atoms with van der Waals surface area (Å²) < 4.78 is 5.67. The van der Waals surface area contributed by atoms with E-state index in [1.54, 1.807) is 0 Å². The van der Waals surface area contributed by atoms with Gasteiger partial charge in [-0.3, -0.25) is 0 Å². The number of hydrogen-bond acceptors (Lipinski definition) is 1. The first-order chi connectivity index (χ1) is 7.54. The molecule has 5 atom stereocenters. The Morgan fingerprint density at radius 2 is 2.19 bits per heavy atom. The van der Waals surface area contributed by atoms with Gasteiger partial charge in [0.15, 0.2) is 0 Å². The summed E-state index contributed by atoms with van der Waals surface area (Å²) in [5.41, 5.74) is 3.24. The van der Waals surface area contributed by atoms with Gasteiger partial charge in [-0.25, -0.2) is 0 Å². The maximum absolute atomic E-state index is 5.67. The zero-order valence-corrected chi connectivity index (χ0v) is 10.5. The molecule has 3 aliphatic rings. The van der Waals surface area contributed by atoms with Crippen LogP contribution in [0.4, 0.5) is 0 Å². The lowest BCUT2D eigenvalue weighted by atomic mass is 9.61. The minimum Gasteiger partial charge on any atom is -0.369 e. The van der Waals surface area contributed by atoms with E-state index in [0.717, 1.165) is 0 Å². The van der Waals surface area contributed by atoms with Crippen LogP contribution in [0.1, 0.15) is 39.5 Å². The Morgan fingerprint density at radius 3 is 2.75 bits per heavy atom. The van der Waals surface area contributed by atoms with Gasteiger partial charge < -0.3 is 4.74 Å². The van der Waals surface area contributed by atoms with Crippen LogP contribution in [0.2, 0.25) is 0 Å². The highest BCUT2D eigenvalue weighted by Crippen LogP contribution is 2.63. The van der Waals surface area contributed by atoms with Crippen molar-refractivity contribution in [2.24, 2.45) is 17.3 Å². The first-order valence-corrected chi connectivity index (χ1v) is 6.54. The Bertz CT molecular complexity index is 356. The van der Waals surface area contributed by atoms with Crippen LogP contribution in [-0.2, 0) is 4.74 Å². The van der Waals surface area contributed by atoms with Gasteiger partial charge in [0.2, 0.25) is 0 Å². The first-order valence-electron chi connectivity index (χ1n) is 6.54. The molecule has 0 bridgehead atoms. The summed E-state index contributed by atoms with van der Waals surface area (Å²) in [7, 11) is 0. The highest BCUT2D eigenvalue weighted by Gasteiger charge is 2.62. The quantitative estimate of drug-likeness (QED) is 0.483. The van der Waals surface area contributed by atoms with Gasteiger partial charge >= 0.3 is 0 Å². The summed E-state index contributed by atoms with van der Waals surface area (Å²) in [4.78, 5) is 0. The molecule has 3 rings (SSSR count). The molecule has 1 nitrogen and oxygen atoms in total. The summed E-state index contributed by atoms with van der Waals surface area (Å²) in [6.45, 7) is 13.1. The van der Waals surface area contributed by atoms with Crippen molar-refractivity contribution in [3.8, 4) is 0 Å². The zero-order chi connectivity index (χ0) is 11.5. The van der Waals surface area contributed by atoms with E-state index in [-0.39, 0.29) is 0 Å². The minimum atomic E-state index is 0.384. The third kappa shape index (κ3) is 1.27. The van der Waals surface area contributed by atoms with Crippen molar-refractivity contribution in [1.82, 2.24) is 0 Å². The van der Waals surface area contributed by atoms with E-state index in [2.05, 4.69) is 27.0 Å². The molecule has 1 saturated heterocycles. The molecule has 1 aliphatic heterocycles. The van der Waals surface area contributed by atoms with E-state index in [9.17, 15) is 0 Å². The summed E-state index contributed by atoms with van der Waals surface area (Å²) in [6, 6.07) is 0. The molecule has 3 fully saturated rings. The average Bonchev–Trinajstić information content (AvgIpc) is 2.93. The number of epoxide rings is 1. The zero-order valence-electron chi connectivity index (χ0n) is 10.5. The van der Waals surface area contributed by atoms with Crippen LogP contribution in [0.3, 0.4) is 0 Å². The number of rotatable bonds is 1. The van der Waals surface area contributed by atoms with Gasteiger partial charge in [-0.05, 0) is 49.9 Å². The second kappa shape index (κ2) is 3.22. The molecule has 0 aromatic carbocycles. The molecule has 1 heterocycles. The van der Waals surface area contributed by atoms with Crippen molar-refractivity contribution >= 4 is 0 Å². The smallest absolute Gasteiger partial charge is 0.0876 e. The second-order valence-electron chi connectivity index (χ2n) is 6.18. The van der Waals surface area contributed by atoms with Crippen molar-refractivity contribution in [2.45, 2.75) is 51.7 Å². The molecule has 5 unspecified atom stereocenters. The Kier molecular flexibility index (Phi) is 2.13. The maximum Gasteiger partial charge on any atom is 0.0876 e. The molecule has 2 aliphatic carbocycles. The average molecular weight is 218 g/mol. The van der Waals surface area contributed by atoms with Crippen molar-refractivity contribution in [1.29, 1.82) is 0 Å². The molecule has 16 heavy (non-hydrogen) atoms. The Labute approximate surface area is 98.6 Å². The van der Waals surface area contributed by atoms with E-state index in [4.69, 9.17) is 4.74 Å². The lowest BCUT2D eigenvalue weighted by Crippen LogP contribution is -2.36. The van der Waals surface area contributed by atoms with Gasteiger partial charge in [-0.2, -0.15) is 0 Å². The Hall–Kier alpha value is -0.560. The number of allylic oxidation sites excluding steroid dienone is 2. The summed E-state index contributed by atoms with van der Waals surface area (Å²) >= 11 is 0. The van der Waals surface area contributed by atoms with Gasteiger partial charge in [-0.15, -0.1) is 0 Å². The van der Waals surface area contributed by atoms with Crippen molar-refractivity contribution in [2.75, 3.05) is 0 Å². The fourth-order valence-corrected chi connectivity index (χ4v) is 4.06. The van der Waals surface area contributed by atoms with Crippen LogP contribution < -0.4 is 0 Å². The van der Waals surface area contributed by atoms with E-state index in [0.29, 0.717) is 29.5 Å². The molecular weight excluding hydrogens is 196 g/mol. The maximum atomic E-state index is 5.67. The molecule has 1 spiro atoms. The summed E-state index contributed by atoms with van der Waals surface area (Å²) in [5, 5.41) is 0. The van der Waals surface area contributed by atoms with Gasteiger partial charge in [0, 0.05) is 0 Å². The highest BCUT2D eigenvalue weighted by atomic mass is 16.6. The van der Waals surface area contributed by atoms with Gasteiger partial charge in [0.05, 0.1) is 12.2 Å². The Morgan fingerprint density at radius 1 is 1.44 bits per heavy atom. The fourth-order valence-electron chi connectivity index (χ4n) is 4.06. The van der Waals surface area contributed by atoms with Crippen LogP contribution in [0.25, 0.3) is 0 Å². The van der Waals surface area contributed by atoms with Crippen LogP contribution in [0, 0.1) is 17.3 Å². The standard InChI is InChI=1S/C15H22O/c1-9(2)12-6-5-10(3)15(7-12)8-13-14(16-13)11(15)4/h11-14H,1,3,5-8H2,2,4H3. The topological polar surface area (TPSA) is 12.5 Å². The lowest BCUT2D eigenvalue weighted by Gasteiger charge is -2.44. The molecule has 0 N–H and O–H groups in total. The normalized spacial score (nSPS) is 50.5. The monoisotopic (exact) mass is 218 g/mol. The number of fused-ring (bicyclic) bond motifs is 1. The van der Waals surface area contributed by atoms with Crippen LogP contribution in [0.15, 0.2) is 24.3 Å². The Balaban J connectivity index is 1.87. The van der Waals surface area contributed by atoms with Gasteiger partial charge in [0.1, 0.15) is 0 Å². The van der Waals surface area contributed by atoms with Crippen molar-refractivity contribution in [3.63, 3.8) is 0 Å². The predicted octanol–water partition coefficient (Wildman–Crippen LogP) is 3.71. The number of hydrogen-bond donors (Lipinski definition) is 0. The molecule has 1 heteroatoms. The SMILES string of the molecule is C=C(C)C1CCC(=C)C2(C1)CC1OC1C2C. The van der Waals surface area contributed by atoms with E-state index < -0.39 is 0 Å². The van der Waals surface area contributed by atoms with Crippen LogP contribution in [0.5, 0.6) is 0 Å². The molecular formula is C15H22O. The molecule has 0 amide bonds. The third-order valence-corrected chi connectivity index (χ3v) is 5.36. The van der Waals surface area contributed by atoms with Crippen LogP contribution >= 0.6 is 0 Å². The lowest BCUT2D eigenvalue weighted by molar-refractivity contribution is 0.0982. The molecule has 88 valence electrons. The molecule has 2 saturated carbocycles. The highest BCUT2D eigenvalue weighted by molar-refractivity contribution is 5.26. The predicted molar refractivity (Wildman–Crippen MR) is 66.2 cm³/mol. The third-order valence-electron chi connectivity index (χ3n) is 5.36. The summed E-state index contributed by atoms with van der Waals surface area (Å²) in [5.74, 6) is 1.39. The largest absolute Gasteiger partial charge is 0.369 e. The molecule has 0 aromatic heterocycles. The van der Waals surface area contributed by atoms with Gasteiger partial charge in [0.25, 0.3) is 0 Å². The fraction of sp³-hybridized carbons (Fsp3) is 0.733. The van der Waals surface area contributed by atoms with E-state index in [1.807, 2.05) is 0 Å². The van der Waals surface area contributed by atoms with Crippen LogP contribution in [-0.4, -0.2) is 12.2 Å². The minimum absolute atomic E-state index is 0.384. The first kappa shape index (κ1) is 10.6. The van der Waals surface area contributed by atoms with Crippen molar-refractivity contribution < 1.29 is 4.74 Å². The van der Waals surface area contributed by atoms with Gasteiger partial charge in [-0.1, -0.05) is 31.2 Å². The number of ether oxygens (including phenoxy) is 1. The molecule has 0 radical (unpaired) electrons. The van der Waals surface area contributed by atoms with Crippen molar-refractivity contribution in [3.05, 3.63) is 24.3 Å². The van der Waals surface area contributed by atoms with E-state index in [1.165, 1.54) is 36.8 Å².